The molecule has 0 unspecified atom stereocenters. The predicted octanol–water partition coefficient (Wildman–Crippen LogP) is -0.644. The number of hydrogen-bond donors (Lipinski definition) is 3. The van der Waals surface area contributed by atoms with Gasteiger partial charge in [0.05, 0.1) is 0 Å². The molecule has 2 heterocycles. The lowest BCUT2D eigenvalue weighted by molar-refractivity contribution is -0.222. The first-order valence-corrected chi connectivity index (χ1v) is 6.76. The molecule has 0 aliphatic carbocycles. The number of rotatable bonds is 1. The highest BCUT2D eigenvalue weighted by atomic mass is 32.2. The van der Waals surface area contributed by atoms with Crippen LogP contribution in [0.3, 0.4) is 0 Å². The molecule has 0 aromatic heterocycles. The monoisotopic (exact) mass is 315 g/mol. The van der Waals surface area contributed by atoms with Crippen LogP contribution in [0.5, 0.6) is 0 Å². The highest BCUT2D eigenvalue weighted by Gasteiger charge is 2.55. The van der Waals surface area contributed by atoms with Crippen molar-refractivity contribution in [2.24, 2.45) is 10.7 Å². The molecule has 2 aliphatic heterocycles. The fraction of sp³-hybridized carbons (Fsp3) is 0.900. The van der Waals surface area contributed by atoms with Gasteiger partial charge in [0.1, 0.15) is 35.8 Å². The van der Waals surface area contributed by atoms with Crippen molar-refractivity contribution in [2.45, 2.75) is 42.0 Å². The molecule has 0 spiro atoms. The van der Waals surface area contributed by atoms with Crippen molar-refractivity contribution >= 4 is 16.9 Å². The Morgan fingerprint density at radius 1 is 1.35 bits per heavy atom. The Kier molecular flexibility index (Phi) is 4.22. The van der Waals surface area contributed by atoms with Gasteiger partial charge in [-0.25, -0.2) is 0 Å². The molecular weight excluding hydrogens is 299 g/mol. The van der Waals surface area contributed by atoms with Crippen LogP contribution in [0.2, 0.25) is 0 Å². The van der Waals surface area contributed by atoms with E-state index in [0.717, 1.165) is 11.8 Å². The van der Waals surface area contributed by atoms with Gasteiger partial charge < -0.3 is 25.6 Å². The lowest BCUT2D eigenvalue weighted by atomic mass is 9.94. The Balaban J connectivity index is 2.17. The minimum Gasteiger partial charge on any atom is -0.388 e. The number of aliphatic hydroxyl groups excluding tert-OH is 2. The molecular formula is C10H16F3N3O3S. The minimum atomic E-state index is -4.72. The fourth-order valence-corrected chi connectivity index (χ4v) is 3.22. The second kappa shape index (κ2) is 5.34. The number of nitrogens with zero attached hydrogens (tertiary/aromatic N) is 2. The fourth-order valence-electron chi connectivity index (χ4n) is 2.07. The standard InChI is InChI=1S/C10H16F3N3O3S/c1-16(2)9-15-3-4(17)5(18)6(19-8(3)20-9)7(14)10(11,12)13/h3-8,17-18H,14H2,1-2H3/t3-,4-,5+,6+,7-,8-/m1/s1. The first-order chi connectivity index (χ1) is 9.12. The average molecular weight is 315 g/mol. The zero-order valence-electron chi connectivity index (χ0n) is 10.8. The number of aliphatic hydroxyl groups is 2. The van der Waals surface area contributed by atoms with E-state index in [-0.39, 0.29) is 0 Å². The van der Waals surface area contributed by atoms with E-state index in [2.05, 4.69) is 4.99 Å². The summed E-state index contributed by atoms with van der Waals surface area (Å²) < 4.78 is 43.2. The number of nitrogens with two attached hydrogens (primary N) is 1. The van der Waals surface area contributed by atoms with Crippen molar-refractivity contribution in [1.82, 2.24) is 4.90 Å². The van der Waals surface area contributed by atoms with Crippen LogP contribution in [-0.2, 0) is 4.74 Å². The van der Waals surface area contributed by atoms with Crippen molar-refractivity contribution in [3.05, 3.63) is 0 Å². The van der Waals surface area contributed by atoms with Gasteiger partial charge in [-0.1, -0.05) is 11.8 Å². The van der Waals surface area contributed by atoms with Gasteiger partial charge in [0.15, 0.2) is 5.17 Å². The topological polar surface area (TPSA) is 91.3 Å². The maximum Gasteiger partial charge on any atom is 0.406 e. The van der Waals surface area contributed by atoms with Crippen LogP contribution in [0, 0.1) is 0 Å². The van der Waals surface area contributed by atoms with E-state index in [1.54, 1.807) is 19.0 Å². The Bertz CT molecular complexity index is 407. The number of ether oxygens (including phenoxy) is 1. The Morgan fingerprint density at radius 3 is 2.45 bits per heavy atom. The number of aliphatic imine (C=N–C) groups is 1. The summed E-state index contributed by atoms with van der Waals surface area (Å²) in [6.45, 7) is 0. The smallest absolute Gasteiger partial charge is 0.388 e. The quantitative estimate of drug-likeness (QED) is 0.596. The summed E-state index contributed by atoms with van der Waals surface area (Å²) >= 11 is 1.10. The summed E-state index contributed by atoms with van der Waals surface area (Å²) in [6.07, 6.45) is -9.61. The second-order valence-electron chi connectivity index (χ2n) is 4.93. The molecule has 0 bridgehead atoms. The van der Waals surface area contributed by atoms with Gasteiger partial charge in [0.25, 0.3) is 0 Å². The highest BCUT2D eigenvalue weighted by Crippen LogP contribution is 2.39. The lowest BCUT2D eigenvalue weighted by Crippen LogP contribution is -2.63. The molecule has 4 N–H and O–H groups in total. The van der Waals surface area contributed by atoms with E-state index in [1.807, 2.05) is 0 Å². The highest BCUT2D eigenvalue weighted by molar-refractivity contribution is 8.14. The lowest BCUT2D eigenvalue weighted by Gasteiger charge is -2.40. The number of hydrogen-bond acceptors (Lipinski definition) is 7. The summed E-state index contributed by atoms with van der Waals surface area (Å²) in [5.74, 6) is 0. The van der Waals surface area contributed by atoms with E-state index < -0.39 is 42.0 Å². The van der Waals surface area contributed by atoms with E-state index in [4.69, 9.17) is 10.5 Å². The Hall–Kier alpha value is -0.550. The molecule has 0 aromatic rings. The van der Waals surface area contributed by atoms with E-state index in [0.29, 0.717) is 5.17 Å². The third-order valence-electron chi connectivity index (χ3n) is 3.20. The molecule has 10 heteroatoms. The molecule has 20 heavy (non-hydrogen) atoms. The van der Waals surface area contributed by atoms with E-state index in [9.17, 15) is 23.4 Å². The van der Waals surface area contributed by atoms with Crippen LogP contribution in [0.4, 0.5) is 13.2 Å². The summed E-state index contributed by atoms with van der Waals surface area (Å²) in [6, 6.07) is -3.17. The average Bonchev–Trinajstić information content (AvgIpc) is 2.76. The van der Waals surface area contributed by atoms with Crippen LogP contribution in [0.1, 0.15) is 0 Å². The summed E-state index contributed by atoms with van der Waals surface area (Å²) in [5, 5.41) is 20.3. The minimum absolute atomic E-state index is 0.521. The van der Waals surface area contributed by atoms with E-state index >= 15 is 0 Å². The van der Waals surface area contributed by atoms with Gasteiger partial charge >= 0.3 is 6.18 Å². The zero-order valence-corrected chi connectivity index (χ0v) is 11.6. The van der Waals surface area contributed by atoms with Crippen LogP contribution < -0.4 is 5.73 Å². The maximum atomic E-state index is 12.6. The van der Waals surface area contributed by atoms with Crippen molar-refractivity contribution < 1.29 is 28.1 Å². The molecule has 2 aliphatic rings. The van der Waals surface area contributed by atoms with Crippen molar-refractivity contribution in [2.75, 3.05) is 14.1 Å². The maximum absolute atomic E-state index is 12.6. The molecule has 0 aromatic carbocycles. The van der Waals surface area contributed by atoms with E-state index in [1.165, 1.54) is 0 Å². The summed E-state index contributed by atoms with van der Waals surface area (Å²) in [5.41, 5.74) is 4.29. The van der Waals surface area contributed by atoms with Crippen molar-refractivity contribution in [3.8, 4) is 0 Å². The van der Waals surface area contributed by atoms with Gasteiger partial charge in [-0.2, -0.15) is 13.2 Å². The molecule has 0 radical (unpaired) electrons. The molecule has 0 saturated carbocycles. The molecule has 116 valence electrons. The third kappa shape index (κ3) is 2.75. The predicted molar refractivity (Wildman–Crippen MR) is 67.2 cm³/mol. The SMILES string of the molecule is CN(C)C1=N[C@@H]2[C@@H](O)[C@H](O)[C@@H]([C@@H](N)C(F)(F)F)O[C@@H]2S1. The summed E-state index contributed by atoms with van der Waals surface area (Å²) in [7, 11) is 3.43. The molecule has 6 atom stereocenters. The van der Waals surface area contributed by atoms with Crippen LogP contribution >= 0.6 is 11.8 Å². The Labute approximate surface area is 117 Å². The zero-order chi connectivity index (χ0) is 15.2. The normalized spacial score (nSPS) is 39.2. The van der Waals surface area contributed by atoms with Gasteiger partial charge in [0, 0.05) is 14.1 Å². The number of amidine groups is 1. The Morgan fingerprint density at radius 2 is 1.95 bits per heavy atom. The van der Waals surface area contributed by atoms with Crippen LogP contribution in [0.15, 0.2) is 4.99 Å². The van der Waals surface area contributed by atoms with Gasteiger partial charge in [-0.05, 0) is 0 Å². The molecule has 1 saturated heterocycles. The van der Waals surface area contributed by atoms with Crippen molar-refractivity contribution in [3.63, 3.8) is 0 Å². The van der Waals surface area contributed by atoms with Gasteiger partial charge in [0.2, 0.25) is 0 Å². The van der Waals surface area contributed by atoms with Gasteiger partial charge in [-0.3, -0.25) is 4.99 Å². The second-order valence-corrected chi connectivity index (χ2v) is 6.00. The molecule has 1 fully saturated rings. The largest absolute Gasteiger partial charge is 0.406 e. The number of thioether (sulfide) groups is 1. The van der Waals surface area contributed by atoms with Crippen molar-refractivity contribution in [1.29, 1.82) is 0 Å². The molecule has 0 amide bonds. The van der Waals surface area contributed by atoms with Crippen LogP contribution in [-0.4, -0.2) is 76.4 Å². The van der Waals surface area contributed by atoms with Gasteiger partial charge in [-0.15, -0.1) is 0 Å². The third-order valence-corrected chi connectivity index (χ3v) is 4.51. The van der Waals surface area contributed by atoms with Crippen LogP contribution in [0.25, 0.3) is 0 Å². The number of alkyl halides is 3. The summed E-state index contributed by atoms with van der Waals surface area (Å²) in [4.78, 5) is 5.80. The number of fused-ring (bicyclic) bond motifs is 1. The molecule has 2 rings (SSSR count). The first kappa shape index (κ1) is 15.8. The number of halogens is 3. The molecule has 6 nitrogen and oxygen atoms in total. The first-order valence-electron chi connectivity index (χ1n) is 5.88.